The first kappa shape index (κ1) is 24.0. The number of aromatic nitrogens is 5. The number of hydrogen-bond donors (Lipinski definition) is 3. The molecular weight excluding hydrogens is 475 g/mol. The molecule has 190 valence electrons. The highest BCUT2D eigenvalue weighted by atomic mass is 19.4. The highest BCUT2D eigenvalue weighted by Gasteiger charge is 2.36. The van der Waals surface area contributed by atoms with Gasteiger partial charge in [-0.15, -0.1) is 0 Å². The van der Waals surface area contributed by atoms with Crippen LogP contribution >= 0.6 is 0 Å². The van der Waals surface area contributed by atoms with Gasteiger partial charge < -0.3 is 20.4 Å². The van der Waals surface area contributed by atoms with Crippen LogP contribution in [-0.2, 0) is 4.74 Å². The predicted octanol–water partition coefficient (Wildman–Crippen LogP) is 4.32. The zero-order valence-corrected chi connectivity index (χ0v) is 19.8. The molecular formula is C24H26F3N7O2. The minimum absolute atomic E-state index is 0.0932. The second kappa shape index (κ2) is 9.41. The highest BCUT2D eigenvalue weighted by Crippen LogP contribution is 2.30. The van der Waals surface area contributed by atoms with Crippen molar-refractivity contribution in [3.8, 4) is 11.1 Å². The van der Waals surface area contributed by atoms with E-state index >= 15 is 0 Å². The molecule has 36 heavy (non-hydrogen) atoms. The predicted molar refractivity (Wildman–Crippen MR) is 128 cm³/mol. The summed E-state index contributed by atoms with van der Waals surface area (Å²) in [5.74, 6) is -0.301. The van der Waals surface area contributed by atoms with Crippen LogP contribution < -0.4 is 10.6 Å². The highest BCUT2D eigenvalue weighted by molar-refractivity contribution is 6.02. The second-order valence-electron chi connectivity index (χ2n) is 9.05. The van der Waals surface area contributed by atoms with Gasteiger partial charge in [0.15, 0.2) is 0 Å². The molecule has 0 aromatic carbocycles. The van der Waals surface area contributed by atoms with Gasteiger partial charge in [0.25, 0.3) is 5.91 Å². The number of ether oxygens (including phenoxy) is 1. The molecule has 0 saturated heterocycles. The van der Waals surface area contributed by atoms with E-state index in [1.54, 1.807) is 30.2 Å². The number of anilines is 1. The molecule has 0 spiro atoms. The lowest BCUT2D eigenvalue weighted by molar-refractivity contribution is -0.138. The van der Waals surface area contributed by atoms with E-state index in [1.165, 1.54) is 6.20 Å². The van der Waals surface area contributed by atoms with Crippen molar-refractivity contribution in [2.45, 2.75) is 57.0 Å². The molecule has 1 atom stereocenters. The van der Waals surface area contributed by atoms with Crippen LogP contribution in [0.25, 0.3) is 27.7 Å². The van der Waals surface area contributed by atoms with E-state index in [9.17, 15) is 18.0 Å². The zero-order chi connectivity index (χ0) is 25.4. The van der Waals surface area contributed by atoms with Crippen molar-refractivity contribution in [2.24, 2.45) is 0 Å². The van der Waals surface area contributed by atoms with Crippen molar-refractivity contribution in [2.75, 3.05) is 12.4 Å². The summed E-state index contributed by atoms with van der Waals surface area (Å²) in [6, 6.07) is 2.00. The third-order valence-corrected chi connectivity index (χ3v) is 6.69. The summed E-state index contributed by atoms with van der Waals surface area (Å²) in [6.07, 6.45) is 5.89. The van der Waals surface area contributed by atoms with E-state index in [4.69, 9.17) is 4.74 Å². The lowest BCUT2D eigenvalue weighted by Crippen LogP contribution is -2.38. The number of aromatic amines is 1. The summed E-state index contributed by atoms with van der Waals surface area (Å²) in [4.78, 5) is 24.3. The van der Waals surface area contributed by atoms with Crippen LogP contribution in [0.5, 0.6) is 0 Å². The van der Waals surface area contributed by atoms with E-state index in [2.05, 4.69) is 30.7 Å². The van der Waals surface area contributed by atoms with E-state index in [0.717, 1.165) is 43.7 Å². The van der Waals surface area contributed by atoms with Crippen LogP contribution in [0, 0.1) is 0 Å². The first-order valence-electron chi connectivity index (χ1n) is 11.7. The zero-order valence-electron chi connectivity index (χ0n) is 19.8. The smallest absolute Gasteiger partial charge is 0.381 e. The fourth-order valence-electron chi connectivity index (χ4n) is 4.52. The molecule has 12 heteroatoms. The lowest BCUT2D eigenvalue weighted by Gasteiger charge is -2.28. The van der Waals surface area contributed by atoms with Gasteiger partial charge in [0.05, 0.1) is 23.4 Å². The molecule has 3 N–H and O–H groups in total. The topological polar surface area (TPSA) is 109 Å². The van der Waals surface area contributed by atoms with Crippen LogP contribution in [0.15, 0.2) is 36.9 Å². The largest absolute Gasteiger partial charge is 0.408 e. The Balaban J connectivity index is 1.38. The molecule has 1 aliphatic rings. The first-order chi connectivity index (χ1) is 17.2. The normalized spacial score (nSPS) is 19.5. The molecule has 1 saturated carbocycles. The van der Waals surface area contributed by atoms with Crippen molar-refractivity contribution in [3.63, 3.8) is 0 Å². The monoisotopic (exact) mass is 501 g/mol. The number of rotatable bonds is 6. The van der Waals surface area contributed by atoms with Crippen LogP contribution in [0.4, 0.5) is 19.1 Å². The Morgan fingerprint density at radius 3 is 2.75 bits per heavy atom. The Kier molecular flexibility index (Phi) is 6.29. The third-order valence-electron chi connectivity index (χ3n) is 6.69. The van der Waals surface area contributed by atoms with Crippen LogP contribution in [0.1, 0.15) is 43.0 Å². The summed E-state index contributed by atoms with van der Waals surface area (Å²) < 4.78 is 45.6. The van der Waals surface area contributed by atoms with Crippen molar-refractivity contribution in [1.82, 2.24) is 29.9 Å². The third kappa shape index (κ3) is 4.72. The number of pyridine rings is 1. The van der Waals surface area contributed by atoms with Crippen molar-refractivity contribution in [1.29, 1.82) is 0 Å². The number of nitrogens with one attached hydrogen (secondary N) is 3. The number of fused-ring (bicyclic) bond motifs is 2. The number of nitrogens with zero attached hydrogens (tertiary/aromatic N) is 4. The quantitative estimate of drug-likeness (QED) is 0.363. The molecule has 0 unspecified atom stereocenters. The van der Waals surface area contributed by atoms with Crippen molar-refractivity contribution in [3.05, 3.63) is 42.5 Å². The molecule has 0 aliphatic heterocycles. The van der Waals surface area contributed by atoms with E-state index in [-0.39, 0.29) is 24.0 Å². The number of methoxy groups -OCH3 is 1. The van der Waals surface area contributed by atoms with Crippen LogP contribution in [0.2, 0.25) is 0 Å². The van der Waals surface area contributed by atoms with Crippen LogP contribution in [0.3, 0.4) is 0 Å². The summed E-state index contributed by atoms with van der Waals surface area (Å²) in [5.41, 5.74) is 3.05. The van der Waals surface area contributed by atoms with Crippen molar-refractivity contribution >= 4 is 28.4 Å². The summed E-state index contributed by atoms with van der Waals surface area (Å²) in [5, 5.41) is 10.3. The SMILES string of the molecule is COC1CCC(NC(=O)c2cnn3ccc(-c4c[nH]c5nc(N[C@H](C)C(F)(F)F)ncc45)cc23)CC1. The Hall–Kier alpha value is -3.67. The van der Waals surface area contributed by atoms with Gasteiger partial charge in [-0.05, 0) is 50.3 Å². The van der Waals surface area contributed by atoms with E-state index < -0.39 is 12.2 Å². The lowest BCUT2D eigenvalue weighted by atomic mass is 9.93. The molecule has 4 heterocycles. The minimum atomic E-state index is -4.41. The van der Waals surface area contributed by atoms with Crippen molar-refractivity contribution < 1.29 is 22.7 Å². The molecule has 9 nitrogen and oxygen atoms in total. The Morgan fingerprint density at radius 1 is 1.25 bits per heavy atom. The summed E-state index contributed by atoms with van der Waals surface area (Å²) >= 11 is 0. The number of alkyl halides is 3. The number of hydrogen-bond acceptors (Lipinski definition) is 6. The van der Waals surface area contributed by atoms with Crippen LogP contribution in [-0.4, -0.2) is 61.9 Å². The maximum Gasteiger partial charge on any atom is 0.408 e. The molecule has 4 aromatic rings. The average Bonchev–Trinajstić information content (AvgIpc) is 3.47. The molecule has 1 fully saturated rings. The fraction of sp³-hybridized carbons (Fsp3) is 0.417. The van der Waals surface area contributed by atoms with Gasteiger partial charge in [-0.2, -0.15) is 23.3 Å². The molecule has 0 bridgehead atoms. The number of amides is 1. The van der Waals surface area contributed by atoms with Gasteiger partial charge in [0, 0.05) is 42.7 Å². The van der Waals surface area contributed by atoms with Gasteiger partial charge >= 0.3 is 6.18 Å². The van der Waals surface area contributed by atoms with E-state index in [0.29, 0.717) is 22.1 Å². The van der Waals surface area contributed by atoms with E-state index in [1.807, 2.05) is 12.1 Å². The Labute approximate surface area is 204 Å². The maximum atomic E-state index is 13.0. The van der Waals surface area contributed by atoms with Gasteiger partial charge in [0.1, 0.15) is 11.7 Å². The molecule has 1 aliphatic carbocycles. The number of halogens is 3. The fourth-order valence-corrected chi connectivity index (χ4v) is 4.52. The first-order valence-corrected chi connectivity index (χ1v) is 11.7. The van der Waals surface area contributed by atoms with Gasteiger partial charge in [-0.1, -0.05) is 0 Å². The number of carbonyl (C=O) groups is 1. The summed E-state index contributed by atoms with van der Waals surface area (Å²) in [7, 11) is 1.71. The number of H-pyrrole nitrogens is 1. The molecule has 4 aromatic heterocycles. The average molecular weight is 502 g/mol. The molecule has 1 amide bonds. The standard InChI is InChI=1S/C24H26F3N7O2/c1-13(24(25,26)27)31-23-29-11-18-17(10-28-21(18)33-23)14-7-8-34-20(9-14)19(12-30-34)22(35)32-15-3-5-16(36-2)6-4-15/h7-13,15-16H,3-6H2,1-2H3,(H,32,35)(H2,28,29,31,33)/t13-,15?,16?/m1/s1. The molecule has 0 radical (unpaired) electrons. The Bertz CT molecular complexity index is 1390. The maximum absolute atomic E-state index is 13.0. The number of carbonyl (C=O) groups excluding carboxylic acids is 1. The summed E-state index contributed by atoms with van der Waals surface area (Å²) in [6.45, 7) is 1.01. The minimum Gasteiger partial charge on any atom is -0.381 e. The van der Waals surface area contributed by atoms with Gasteiger partial charge in [-0.25, -0.2) is 9.50 Å². The van der Waals surface area contributed by atoms with Gasteiger partial charge in [-0.3, -0.25) is 4.79 Å². The molecule has 5 rings (SSSR count). The van der Waals surface area contributed by atoms with Gasteiger partial charge in [0.2, 0.25) is 5.95 Å². The second-order valence-corrected chi connectivity index (χ2v) is 9.05. The Morgan fingerprint density at radius 2 is 2.03 bits per heavy atom.